The van der Waals surface area contributed by atoms with Crippen molar-refractivity contribution in [1.82, 2.24) is 0 Å². The molecule has 0 aromatic heterocycles. The van der Waals surface area contributed by atoms with Gasteiger partial charge in [-0.25, -0.2) is 22.0 Å². The first kappa shape index (κ1) is 25.7. The van der Waals surface area contributed by atoms with Gasteiger partial charge < -0.3 is 12.9 Å². The number of benzene rings is 4. The van der Waals surface area contributed by atoms with Crippen LogP contribution >= 0.6 is 0 Å². The fraction of sp³-hybridized carbons (Fsp3) is 0.130. The molecule has 0 amide bonds. The van der Waals surface area contributed by atoms with Crippen molar-refractivity contribution in [1.29, 1.82) is 0 Å². The Labute approximate surface area is 190 Å². The summed E-state index contributed by atoms with van der Waals surface area (Å²) in [6.45, 7) is -6.30. The summed E-state index contributed by atoms with van der Waals surface area (Å²) in [6.07, 6.45) is 3.67. The molecule has 0 saturated carbocycles. The predicted molar refractivity (Wildman–Crippen MR) is 120 cm³/mol. The van der Waals surface area contributed by atoms with Gasteiger partial charge in [-0.05, 0) is 33.1 Å². The zero-order valence-corrected chi connectivity index (χ0v) is 18.6. The van der Waals surface area contributed by atoms with Gasteiger partial charge in [0.2, 0.25) is 0 Å². The third-order valence-electron chi connectivity index (χ3n) is 4.95. The number of fused-ring (bicyclic) bond motifs is 2. The van der Waals surface area contributed by atoms with Crippen LogP contribution in [0.4, 0.5) is 34.9 Å². The van der Waals surface area contributed by atoms with Crippen molar-refractivity contribution < 1.29 is 39.1 Å². The molecule has 0 radical (unpaired) electrons. The van der Waals surface area contributed by atoms with Crippen molar-refractivity contribution >= 4 is 43.9 Å². The second-order valence-electron chi connectivity index (χ2n) is 7.94. The van der Waals surface area contributed by atoms with Gasteiger partial charge in [0.25, 0.3) is 0 Å². The molecule has 0 aliphatic heterocycles. The van der Waals surface area contributed by atoms with E-state index in [1.807, 2.05) is 24.6 Å². The molecule has 0 bridgehead atoms. The summed E-state index contributed by atoms with van der Waals surface area (Å²) in [5.41, 5.74) is -1.52. The van der Waals surface area contributed by atoms with E-state index >= 15 is 0 Å². The lowest BCUT2D eigenvalue weighted by Gasteiger charge is -2.17. The smallest absolute Gasteiger partial charge is 0.445 e. The predicted octanol–water partition coefficient (Wildman–Crippen LogP) is 6.69. The van der Waals surface area contributed by atoms with E-state index in [4.69, 9.17) is 0 Å². The van der Waals surface area contributed by atoms with Gasteiger partial charge in [-0.15, -0.1) is 4.21 Å². The van der Waals surface area contributed by atoms with E-state index in [0.717, 1.165) is 0 Å². The summed E-state index contributed by atoms with van der Waals surface area (Å²) in [7, 11) is -1.81. The molecule has 0 unspecified atom stereocenters. The van der Waals surface area contributed by atoms with Gasteiger partial charge in [0.1, 0.15) is 29.9 Å². The molecule has 1 nitrogen and oxygen atoms in total. The molecule has 0 spiro atoms. The lowest BCUT2D eigenvalue weighted by molar-refractivity contribution is 0.377. The first-order chi connectivity index (χ1) is 15.7. The van der Waals surface area contributed by atoms with Crippen LogP contribution < -0.4 is 5.46 Å². The first-order valence-electron chi connectivity index (χ1n) is 9.75. The lowest BCUT2D eigenvalue weighted by Crippen LogP contribution is -2.41. The molecule has 0 fully saturated rings. The molecule has 4 aromatic carbocycles. The van der Waals surface area contributed by atoms with Gasteiger partial charge in [0.05, 0.1) is 9.93 Å². The van der Waals surface area contributed by atoms with E-state index in [9.17, 15) is 39.1 Å². The lowest BCUT2D eigenvalue weighted by atomic mass is 9.79. The monoisotopic (exact) mass is 504 g/mol. The Kier molecular flexibility index (Phi) is 7.07. The Balaban J connectivity index is 0.000000197. The van der Waals surface area contributed by atoms with Crippen molar-refractivity contribution in [2.75, 3.05) is 12.5 Å². The quantitative estimate of drug-likeness (QED) is 0.0759. The molecule has 4 aromatic rings. The number of hydrogen-bond donors (Lipinski definition) is 0. The highest BCUT2D eigenvalue weighted by atomic mass is 32.2. The molecular formula is C23H17BF8OS. The van der Waals surface area contributed by atoms with E-state index in [1.54, 1.807) is 0 Å². The average molecular weight is 504 g/mol. The molecule has 0 aliphatic carbocycles. The number of hydrogen-bond acceptors (Lipinski definition) is 1. The van der Waals surface area contributed by atoms with Gasteiger partial charge in [0.15, 0.2) is 17.5 Å². The van der Waals surface area contributed by atoms with Crippen LogP contribution in [0.3, 0.4) is 0 Å². The maximum Gasteiger partial charge on any atom is 0.515 e. The molecule has 0 aliphatic rings. The van der Waals surface area contributed by atoms with Crippen LogP contribution in [0.15, 0.2) is 54.6 Å². The van der Waals surface area contributed by atoms with E-state index in [2.05, 4.69) is 42.5 Å². The highest BCUT2D eigenvalue weighted by Gasteiger charge is 2.37. The largest absolute Gasteiger partial charge is 0.515 e. The average Bonchev–Trinajstić information content (AvgIpc) is 2.75. The highest BCUT2D eigenvalue weighted by molar-refractivity contribution is 8.00. The van der Waals surface area contributed by atoms with Crippen LogP contribution in [0.1, 0.15) is 5.56 Å². The first-order valence-corrected chi connectivity index (χ1v) is 12.3. The molecule has 0 saturated heterocycles. The topological polar surface area (TPSA) is 17.1 Å². The molecule has 180 valence electrons. The minimum atomic E-state index is -6.30. The third-order valence-corrected chi connectivity index (χ3v) is 5.93. The minimum Gasteiger partial charge on any atom is -0.445 e. The summed E-state index contributed by atoms with van der Waals surface area (Å²) < 4.78 is 110. The van der Waals surface area contributed by atoms with Crippen LogP contribution in [0.5, 0.6) is 0 Å². The van der Waals surface area contributed by atoms with Gasteiger partial charge >= 0.3 is 6.98 Å². The van der Waals surface area contributed by atoms with Crippen molar-refractivity contribution in [3.8, 4) is 0 Å². The number of rotatable bonds is 3. The summed E-state index contributed by atoms with van der Waals surface area (Å²) in [5, 5.41) is 4.88. The Bertz CT molecular complexity index is 1350. The van der Waals surface area contributed by atoms with Gasteiger partial charge in [-0.2, -0.15) is 0 Å². The van der Waals surface area contributed by atoms with Crippen molar-refractivity contribution in [2.24, 2.45) is 0 Å². The molecule has 4 rings (SSSR count). The highest BCUT2D eigenvalue weighted by Crippen LogP contribution is 2.30. The molecular weight excluding hydrogens is 487 g/mol. The van der Waals surface area contributed by atoms with Gasteiger partial charge in [-0.3, -0.25) is 0 Å². The van der Waals surface area contributed by atoms with Gasteiger partial charge in [-0.1, -0.05) is 48.5 Å². The maximum atomic E-state index is 12.5. The van der Waals surface area contributed by atoms with Crippen LogP contribution in [-0.2, 0) is 19.9 Å². The van der Waals surface area contributed by atoms with Gasteiger partial charge in [0, 0.05) is 5.56 Å². The van der Waals surface area contributed by atoms with Crippen LogP contribution in [0, 0.1) is 29.1 Å². The Morgan fingerprint density at radius 2 is 1.06 bits per heavy atom. The maximum absolute atomic E-state index is 12.5. The normalized spacial score (nSPS) is 12.1. The van der Waals surface area contributed by atoms with Crippen molar-refractivity contribution in [3.05, 3.63) is 89.2 Å². The zero-order valence-electron chi connectivity index (χ0n) is 17.8. The fourth-order valence-electron chi connectivity index (χ4n) is 3.52. The van der Waals surface area contributed by atoms with E-state index in [0.29, 0.717) is 5.75 Å². The molecule has 11 heteroatoms. The van der Waals surface area contributed by atoms with Crippen molar-refractivity contribution in [2.45, 2.75) is 5.75 Å². The molecule has 0 heterocycles. The SMILES string of the molecule is C[S+](C)(=O)Cc1c2ccccc2cc2ccccc12.Fc1c(F)c(F)c([B-](F)(F)F)c(F)c1F. The summed E-state index contributed by atoms with van der Waals surface area (Å²) in [4.78, 5) is 0. The molecule has 34 heavy (non-hydrogen) atoms. The summed E-state index contributed by atoms with van der Waals surface area (Å²) in [6, 6.07) is 18.9. The van der Waals surface area contributed by atoms with Crippen LogP contribution in [0.2, 0.25) is 0 Å². The zero-order chi connectivity index (χ0) is 25.4. The minimum absolute atomic E-state index is 0.634. The fourth-order valence-corrected chi connectivity index (χ4v) is 4.53. The molecule has 0 N–H and O–H groups in total. The Hall–Kier alpha value is -2.95. The van der Waals surface area contributed by atoms with Crippen LogP contribution in [-0.4, -0.2) is 19.5 Å². The van der Waals surface area contributed by atoms with E-state index < -0.39 is 51.5 Å². The Morgan fingerprint density at radius 3 is 1.44 bits per heavy atom. The number of halogens is 8. The van der Waals surface area contributed by atoms with Crippen molar-refractivity contribution in [3.63, 3.8) is 0 Å². The van der Waals surface area contributed by atoms with Crippen LogP contribution in [0.25, 0.3) is 21.5 Å². The standard InChI is InChI=1S/C17H17OS.C6BF8/c1-19(2,18)12-17-15-9-5-3-7-13(15)11-14-8-4-6-10-16(14)17;8-2-1(7(13,14)15)3(9)5(11)6(12)4(2)10/h3-11H,12H2,1-2H3;/q+1;-1. The second-order valence-corrected chi connectivity index (χ2v) is 11.1. The summed E-state index contributed by atoms with van der Waals surface area (Å²) >= 11 is 0. The molecule has 0 atom stereocenters. The second kappa shape index (κ2) is 9.36. The Morgan fingerprint density at radius 1 is 0.676 bits per heavy atom. The summed E-state index contributed by atoms with van der Waals surface area (Å²) in [5.74, 6) is -12.9. The van der Waals surface area contributed by atoms with E-state index in [-0.39, 0.29) is 0 Å². The third kappa shape index (κ3) is 5.24. The van der Waals surface area contributed by atoms with E-state index in [1.165, 1.54) is 27.1 Å².